The first-order chi connectivity index (χ1) is 6.76. The highest BCUT2D eigenvalue weighted by molar-refractivity contribution is 7.23. The molecule has 4 heteroatoms. The minimum absolute atomic E-state index is 0.437. The van der Waals surface area contributed by atoms with Gasteiger partial charge in [0.1, 0.15) is 5.75 Å². The van der Waals surface area contributed by atoms with Crippen LogP contribution in [0.25, 0.3) is 10.1 Å². The summed E-state index contributed by atoms with van der Waals surface area (Å²) in [5.74, 6) is 1.27. The van der Waals surface area contributed by atoms with E-state index in [2.05, 4.69) is 0 Å². The van der Waals surface area contributed by atoms with Crippen LogP contribution in [0.1, 0.15) is 5.56 Å². The van der Waals surface area contributed by atoms with E-state index in [-0.39, 0.29) is 0 Å². The minimum Gasteiger partial charge on any atom is -0.497 e. The van der Waals surface area contributed by atoms with Crippen LogP contribution in [0.2, 0.25) is 4.34 Å². The van der Waals surface area contributed by atoms with Gasteiger partial charge < -0.3 is 4.74 Å². The first kappa shape index (κ1) is 10.1. The summed E-state index contributed by atoms with van der Waals surface area (Å²) < 4.78 is 7.06. The Morgan fingerprint density at radius 1 is 1.43 bits per heavy atom. The van der Waals surface area contributed by atoms with E-state index in [1.807, 2.05) is 18.2 Å². The summed E-state index contributed by atoms with van der Waals surface area (Å²) in [4.78, 5) is 0. The van der Waals surface area contributed by atoms with Crippen molar-refractivity contribution < 1.29 is 4.74 Å². The zero-order valence-electron chi connectivity index (χ0n) is 7.51. The van der Waals surface area contributed by atoms with Gasteiger partial charge in [-0.3, -0.25) is 0 Å². The highest BCUT2D eigenvalue weighted by Gasteiger charge is 2.09. The van der Waals surface area contributed by atoms with Crippen molar-refractivity contribution >= 4 is 44.6 Å². The molecule has 0 aliphatic heterocycles. The van der Waals surface area contributed by atoms with Crippen molar-refractivity contribution in [2.75, 3.05) is 7.11 Å². The lowest BCUT2D eigenvalue weighted by atomic mass is 10.2. The van der Waals surface area contributed by atoms with E-state index in [0.29, 0.717) is 5.88 Å². The molecule has 74 valence electrons. The number of hydrogen-bond acceptors (Lipinski definition) is 2. The Morgan fingerprint density at radius 2 is 2.21 bits per heavy atom. The normalized spacial score (nSPS) is 10.8. The van der Waals surface area contributed by atoms with Crippen LogP contribution in [0.15, 0.2) is 18.2 Å². The number of alkyl halides is 1. The van der Waals surface area contributed by atoms with E-state index in [9.17, 15) is 0 Å². The first-order valence-corrected chi connectivity index (χ1v) is 5.80. The number of fused-ring (bicyclic) bond motifs is 1. The van der Waals surface area contributed by atoms with Crippen LogP contribution in [0.3, 0.4) is 0 Å². The molecule has 0 radical (unpaired) electrons. The van der Waals surface area contributed by atoms with E-state index in [0.717, 1.165) is 25.7 Å². The monoisotopic (exact) mass is 246 g/mol. The van der Waals surface area contributed by atoms with Gasteiger partial charge in [0.2, 0.25) is 0 Å². The van der Waals surface area contributed by atoms with E-state index >= 15 is 0 Å². The third-order valence-electron chi connectivity index (χ3n) is 2.08. The molecule has 0 spiro atoms. The molecule has 0 fully saturated rings. The van der Waals surface area contributed by atoms with Gasteiger partial charge in [0, 0.05) is 15.6 Å². The van der Waals surface area contributed by atoms with Crippen LogP contribution in [-0.4, -0.2) is 7.11 Å². The van der Waals surface area contributed by atoms with Crippen molar-refractivity contribution in [1.29, 1.82) is 0 Å². The van der Waals surface area contributed by atoms with E-state index in [1.165, 1.54) is 0 Å². The van der Waals surface area contributed by atoms with Crippen molar-refractivity contribution in [3.05, 3.63) is 28.1 Å². The number of halogens is 2. The van der Waals surface area contributed by atoms with Crippen molar-refractivity contribution in [3.8, 4) is 5.75 Å². The molecule has 1 aromatic carbocycles. The van der Waals surface area contributed by atoms with Crippen LogP contribution in [-0.2, 0) is 5.88 Å². The molecule has 14 heavy (non-hydrogen) atoms. The largest absolute Gasteiger partial charge is 0.497 e. The molecule has 0 saturated heterocycles. The maximum Gasteiger partial charge on any atom is 0.119 e. The molecule has 2 rings (SSSR count). The molecule has 1 heterocycles. The van der Waals surface area contributed by atoms with Crippen LogP contribution >= 0.6 is 34.5 Å². The fourth-order valence-corrected chi connectivity index (χ4v) is 3.12. The third-order valence-corrected chi connectivity index (χ3v) is 3.81. The molecule has 0 aliphatic rings. The van der Waals surface area contributed by atoms with Crippen molar-refractivity contribution in [1.82, 2.24) is 0 Å². The molecule has 0 aliphatic carbocycles. The zero-order chi connectivity index (χ0) is 10.1. The lowest BCUT2D eigenvalue weighted by molar-refractivity contribution is 0.415. The molecule has 2 aromatic rings. The van der Waals surface area contributed by atoms with Crippen LogP contribution < -0.4 is 4.74 Å². The fourth-order valence-electron chi connectivity index (χ4n) is 1.35. The zero-order valence-corrected chi connectivity index (χ0v) is 9.84. The Balaban J connectivity index is 2.71. The first-order valence-electron chi connectivity index (χ1n) is 4.07. The Bertz CT molecular complexity index is 464. The topological polar surface area (TPSA) is 9.23 Å². The Labute approximate surface area is 96.2 Å². The van der Waals surface area contributed by atoms with Crippen LogP contribution in [0.5, 0.6) is 5.75 Å². The lowest BCUT2D eigenvalue weighted by Gasteiger charge is -1.99. The standard InChI is InChI=1S/C10H8Cl2OS/c1-13-6-2-3-9-7(4-6)8(5-11)10(12)14-9/h2-4H,5H2,1H3. The molecule has 1 aromatic heterocycles. The number of thiophene rings is 1. The van der Waals surface area contributed by atoms with Crippen LogP contribution in [0.4, 0.5) is 0 Å². The maximum absolute atomic E-state index is 6.06. The quantitative estimate of drug-likeness (QED) is 0.719. The van der Waals surface area contributed by atoms with Gasteiger partial charge in [-0.05, 0) is 18.2 Å². The number of benzene rings is 1. The van der Waals surface area contributed by atoms with Crippen LogP contribution in [0, 0.1) is 0 Å². The average Bonchev–Trinajstić information content (AvgIpc) is 2.52. The number of methoxy groups -OCH3 is 1. The summed E-state index contributed by atoms with van der Waals surface area (Å²) in [5, 5.41) is 1.09. The fraction of sp³-hybridized carbons (Fsp3) is 0.200. The molecule has 0 N–H and O–H groups in total. The van der Waals surface area contributed by atoms with Crippen molar-refractivity contribution in [3.63, 3.8) is 0 Å². The molecule has 0 atom stereocenters. The second-order valence-corrected chi connectivity index (χ2v) is 4.77. The van der Waals surface area contributed by atoms with Gasteiger partial charge >= 0.3 is 0 Å². The summed E-state index contributed by atoms with van der Waals surface area (Å²) in [6.45, 7) is 0. The molecule has 0 amide bonds. The summed E-state index contributed by atoms with van der Waals surface area (Å²) in [5.41, 5.74) is 0.993. The molecular formula is C10H8Cl2OS. The maximum atomic E-state index is 6.06. The highest BCUT2D eigenvalue weighted by Crippen LogP contribution is 2.37. The third kappa shape index (κ3) is 1.58. The van der Waals surface area contributed by atoms with E-state index < -0.39 is 0 Å². The molecule has 0 bridgehead atoms. The Kier molecular flexibility index (Phi) is 2.86. The minimum atomic E-state index is 0.437. The molecule has 0 unspecified atom stereocenters. The Morgan fingerprint density at radius 3 is 2.86 bits per heavy atom. The smallest absolute Gasteiger partial charge is 0.119 e. The SMILES string of the molecule is COc1ccc2sc(Cl)c(CCl)c2c1. The molecule has 1 nitrogen and oxygen atoms in total. The summed E-state index contributed by atoms with van der Waals surface area (Å²) >= 11 is 13.4. The van der Waals surface area contributed by atoms with Gasteiger partial charge in [-0.25, -0.2) is 0 Å². The van der Waals surface area contributed by atoms with Gasteiger partial charge in [0.15, 0.2) is 0 Å². The second kappa shape index (κ2) is 3.97. The van der Waals surface area contributed by atoms with Gasteiger partial charge in [-0.15, -0.1) is 22.9 Å². The second-order valence-electron chi connectivity index (χ2n) is 2.85. The van der Waals surface area contributed by atoms with Crippen molar-refractivity contribution in [2.24, 2.45) is 0 Å². The van der Waals surface area contributed by atoms with Gasteiger partial charge in [-0.1, -0.05) is 11.6 Å². The van der Waals surface area contributed by atoms with Crippen molar-refractivity contribution in [2.45, 2.75) is 5.88 Å². The number of rotatable bonds is 2. The summed E-state index contributed by atoms with van der Waals surface area (Å²) in [6.07, 6.45) is 0. The summed E-state index contributed by atoms with van der Waals surface area (Å²) in [6, 6.07) is 5.89. The summed E-state index contributed by atoms with van der Waals surface area (Å²) in [7, 11) is 1.65. The number of ether oxygens (including phenoxy) is 1. The molecular weight excluding hydrogens is 239 g/mol. The van der Waals surface area contributed by atoms with Gasteiger partial charge in [0.25, 0.3) is 0 Å². The van der Waals surface area contributed by atoms with Gasteiger partial charge in [0.05, 0.1) is 17.3 Å². The van der Waals surface area contributed by atoms with E-state index in [1.54, 1.807) is 18.4 Å². The van der Waals surface area contributed by atoms with Gasteiger partial charge in [-0.2, -0.15) is 0 Å². The molecule has 0 saturated carbocycles. The average molecular weight is 247 g/mol. The van der Waals surface area contributed by atoms with E-state index in [4.69, 9.17) is 27.9 Å². The predicted molar refractivity (Wildman–Crippen MR) is 62.9 cm³/mol. The lowest BCUT2D eigenvalue weighted by Crippen LogP contribution is -1.82. The number of hydrogen-bond donors (Lipinski definition) is 0. The predicted octanol–water partition coefficient (Wildman–Crippen LogP) is 4.30. The Hall–Kier alpha value is -0.440. The highest BCUT2D eigenvalue weighted by atomic mass is 35.5.